The van der Waals surface area contributed by atoms with Crippen LogP contribution in [-0.4, -0.2) is 30.1 Å². The van der Waals surface area contributed by atoms with Crippen molar-refractivity contribution in [3.63, 3.8) is 0 Å². The molecule has 142 valence electrons. The molecule has 0 fully saturated rings. The van der Waals surface area contributed by atoms with Crippen molar-refractivity contribution in [3.05, 3.63) is 53.0 Å². The molecule has 27 heavy (non-hydrogen) atoms. The van der Waals surface area contributed by atoms with Crippen LogP contribution < -0.4 is 25.1 Å². The zero-order valence-electron chi connectivity index (χ0n) is 14.8. The van der Waals surface area contributed by atoms with Gasteiger partial charge in [-0.3, -0.25) is 20.4 Å². The zero-order valence-corrected chi connectivity index (χ0v) is 16.4. The largest absolute Gasteiger partial charge is 0.482 e. The third-order valence-electron chi connectivity index (χ3n) is 3.89. The maximum Gasteiger partial charge on any atom is 0.283 e. The van der Waals surface area contributed by atoms with E-state index in [1.165, 1.54) is 0 Å². The number of carbonyl (C=O) groups excluding carboxylic acids is 2. The third-order valence-corrected chi connectivity index (χ3v) is 4.38. The van der Waals surface area contributed by atoms with Crippen LogP contribution in [0.3, 0.4) is 0 Å². The molecule has 7 nitrogen and oxygen atoms in total. The summed E-state index contributed by atoms with van der Waals surface area (Å²) >= 11 is 3.34. The summed E-state index contributed by atoms with van der Waals surface area (Å²) < 4.78 is 17.8. The van der Waals surface area contributed by atoms with Crippen LogP contribution in [0.1, 0.15) is 13.8 Å². The molecule has 1 heterocycles. The van der Waals surface area contributed by atoms with E-state index in [9.17, 15) is 9.59 Å². The number of ether oxygens (including phenoxy) is 3. The predicted molar refractivity (Wildman–Crippen MR) is 101 cm³/mol. The second kappa shape index (κ2) is 8.30. The molecule has 0 saturated carbocycles. The first-order valence-corrected chi connectivity index (χ1v) is 9.17. The molecule has 1 aliphatic heterocycles. The number of nitrogens with one attached hydrogen (secondary N) is 2. The lowest BCUT2D eigenvalue weighted by atomic mass is 10.1. The van der Waals surface area contributed by atoms with Crippen LogP contribution in [0.15, 0.2) is 53.0 Å². The molecule has 1 aliphatic rings. The lowest BCUT2D eigenvalue weighted by Crippen LogP contribution is -2.55. The monoisotopic (exact) mass is 434 g/mol. The van der Waals surface area contributed by atoms with Gasteiger partial charge in [0.05, 0.1) is 0 Å². The summed E-state index contributed by atoms with van der Waals surface area (Å²) in [5, 5.41) is 0. The third kappa shape index (κ3) is 4.71. The highest BCUT2D eigenvalue weighted by molar-refractivity contribution is 9.10. The molecule has 0 radical (unpaired) electrons. The Bertz CT molecular complexity index is 844. The minimum absolute atomic E-state index is 0.480. The average Bonchev–Trinajstić information content (AvgIpc) is 2.65. The Morgan fingerprint density at radius 3 is 2.48 bits per heavy atom. The fourth-order valence-electron chi connectivity index (χ4n) is 2.50. The van der Waals surface area contributed by atoms with E-state index in [0.29, 0.717) is 17.2 Å². The first kappa shape index (κ1) is 19.0. The smallest absolute Gasteiger partial charge is 0.283 e. The summed E-state index contributed by atoms with van der Waals surface area (Å²) in [7, 11) is 0. The van der Waals surface area contributed by atoms with Crippen LogP contribution >= 0.6 is 15.9 Å². The van der Waals surface area contributed by atoms with E-state index >= 15 is 0 Å². The van der Waals surface area contributed by atoms with E-state index in [4.69, 9.17) is 14.2 Å². The van der Waals surface area contributed by atoms with E-state index in [-0.39, 0.29) is 0 Å². The number of carbonyl (C=O) groups is 2. The SMILES string of the molecule is CC(Oc1cccc(Br)c1)C(=O)NNC(=O)C1Oc2ccccc2OC1C. The highest BCUT2D eigenvalue weighted by Gasteiger charge is 2.34. The molecule has 0 aromatic heterocycles. The molecule has 3 unspecified atom stereocenters. The zero-order chi connectivity index (χ0) is 19.4. The van der Waals surface area contributed by atoms with Gasteiger partial charge in [0.2, 0.25) is 6.10 Å². The molecular formula is C19H19BrN2O5. The van der Waals surface area contributed by atoms with E-state index in [1.807, 2.05) is 12.1 Å². The maximum absolute atomic E-state index is 12.4. The second-order valence-electron chi connectivity index (χ2n) is 6.00. The molecule has 2 aromatic carbocycles. The summed E-state index contributed by atoms with van der Waals surface area (Å²) in [6, 6.07) is 14.2. The molecule has 2 N–H and O–H groups in total. The maximum atomic E-state index is 12.4. The van der Waals surface area contributed by atoms with Gasteiger partial charge in [-0.15, -0.1) is 0 Å². The quantitative estimate of drug-likeness (QED) is 0.722. The first-order chi connectivity index (χ1) is 12.9. The summed E-state index contributed by atoms with van der Waals surface area (Å²) in [6.07, 6.45) is -2.20. The van der Waals surface area contributed by atoms with Crippen LogP contribution in [0.4, 0.5) is 0 Å². The Hall–Kier alpha value is -2.74. The lowest BCUT2D eigenvalue weighted by Gasteiger charge is -2.31. The first-order valence-electron chi connectivity index (χ1n) is 8.38. The van der Waals surface area contributed by atoms with Gasteiger partial charge in [0.15, 0.2) is 17.6 Å². The minimum atomic E-state index is -0.887. The van der Waals surface area contributed by atoms with Gasteiger partial charge in [0, 0.05) is 4.47 Å². The van der Waals surface area contributed by atoms with Gasteiger partial charge in [-0.05, 0) is 44.2 Å². The standard InChI is InChI=1S/C19H19BrN2O5/c1-11-17(27-16-9-4-3-8-15(16)26-11)19(24)22-21-18(23)12(2)25-14-7-5-6-13(20)10-14/h3-12,17H,1-2H3,(H,21,23)(H,22,24). The van der Waals surface area contributed by atoms with Crippen molar-refractivity contribution in [3.8, 4) is 17.2 Å². The molecule has 0 bridgehead atoms. The molecule has 8 heteroatoms. The van der Waals surface area contributed by atoms with Crippen molar-refractivity contribution in [2.75, 3.05) is 0 Å². The summed E-state index contributed by atoms with van der Waals surface area (Å²) in [6.45, 7) is 3.31. The Kier molecular flexibility index (Phi) is 5.85. The van der Waals surface area contributed by atoms with Crippen LogP contribution in [0.2, 0.25) is 0 Å². The fraction of sp³-hybridized carbons (Fsp3) is 0.263. The van der Waals surface area contributed by atoms with Crippen LogP contribution in [0.25, 0.3) is 0 Å². The number of rotatable bonds is 4. The Morgan fingerprint density at radius 1 is 1.07 bits per heavy atom. The minimum Gasteiger partial charge on any atom is -0.482 e. The summed E-state index contributed by atoms with van der Waals surface area (Å²) in [5.74, 6) is 0.586. The molecule has 2 amide bonds. The Balaban J connectivity index is 1.53. The molecule has 3 atom stereocenters. The van der Waals surface area contributed by atoms with Gasteiger partial charge in [0.25, 0.3) is 11.8 Å². The summed E-state index contributed by atoms with van der Waals surface area (Å²) in [5.41, 5.74) is 4.71. The number of halogens is 1. The molecule has 0 spiro atoms. The number of para-hydroxylation sites is 2. The van der Waals surface area contributed by atoms with Crippen molar-refractivity contribution in [1.82, 2.24) is 10.9 Å². The van der Waals surface area contributed by atoms with E-state index in [0.717, 1.165) is 4.47 Å². The van der Waals surface area contributed by atoms with Gasteiger partial charge in [-0.2, -0.15) is 0 Å². The normalized spacial score (nSPS) is 18.9. The number of benzene rings is 2. The molecule has 0 saturated heterocycles. The van der Waals surface area contributed by atoms with Crippen molar-refractivity contribution >= 4 is 27.7 Å². The lowest BCUT2D eigenvalue weighted by molar-refractivity contribution is -0.139. The Morgan fingerprint density at radius 2 is 1.78 bits per heavy atom. The van der Waals surface area contributed by atoms with Crippen LogP contribution in [-0.2, 0) is 9.59 Å². The van der Waals surface area contributed by atoms with Crippen LogP contribution in [0, 0.1) is 0 Å². The van der Waals surface area contributed by atoms with Crippen molar-refractivity contribution < 1.29 is 23.8 Å². The van der Waals surface area contributed by atoms with Gasteiger partial charge in [-0.25, -0.2) is 0 Å². The van der Waals surface area contributed by atoms with Crippen molar-refractivity contribution in [2.24, 2.45) is 0 Å². The molecule has 0 aliphatic carbocycles. The highest BCUT2D eigenvalue weighted by atomic mass is 79.9. The van der Waals surface area contributed by atoms with Crippen molar-refractivity contribution in [2.45, 2.75) is 32.2 Å². The van der Waals surface area contributed by atoms with Gasteiger partial charge < -0.3 is 14.2 Å². The van der Waals surface area contributed by atoms with E-state index < -0.39 is 30.1 Å². The average molecular weight is 435 g/mol. The number of hydrogen-bond acceptors (Lipinski definition) is 5. The predicted octanol–water partition coefficient (Wildman–Crippen LogP) is 2.59. The number of hydrazine groups is 1. The number of fused-ring (bicyclic) bond motifs is 1. The molecular weight excluding hydrogens is 416 g/mol. The fourth-order valence-corrected chi connectivity index (χ4v) is 2.88. The topological polar surface area (TPSA) is 85.9 Å². The van der Waals surface area contributed by atoms with E-state index in [1.54, 1.807) is 50.2 Å². The van der Waals surface area contributed by atoms with Gasteiger partial charge >= 0.3 is 0 Å². The Labute approximate surface area is 165 Å². The van der Waals surface area contributed by atoms with Gasteiger partial charge in [0.1, 0.15) is 11.9 Å². The van der Waals surface area contributed by atoms with E-state index in [2.05, 4.69) is 26.8 Å². The van der Waals surface area contributed by atoms with Crippen molar-refractivity contribution in [1.29, 1.82) is 0 Å². The number of amides is 2. The molecule has 2 aromatic rings. The molecule has 3 rings (SSSR count). The van der Waals surface area contributed by atoms with Crippen LogP contribution in [0.5, 0.6) is 17.2 Å². The second-order valence-corrected chi connectivity index (χ2v) is 6.92. The highest BCUT2D eigenvalue weighted by Crippen LogP contribution is 2.33. The summed E-state index contributed by atoms with van der Waals surface area (Å²) in [4.78, 5) is 24.5. The number of hydrogen-bond donors (Lipinski definition) is 2. The van der Waals surface area contributed by atoms with Gasteiger partial charge in [-0.1, -0.05) is 34.1 Å².